The fraction of sp³-hybridized carbons (Fsp3) is 0.316. The molecule has 7 nitrogen and oxygen atoms in total. The summed E-state index contributed by atoms with van der Waals surface area (Å²) in [6, 6.07) is 7.74. The van der Waals surface area contributed by atoms with E-state index in [1.54, 1.807) is 6.33 Å². The molecule has 0 bridgehead atoms. The molecule has 26 heavy (non-hydrogen) atoms. The van der Waals surface area contributed by atoms with Gasteiger partial charge >= 0.3 is 0 Å². The van der Waals surface area contributed by atoms with E-state index in [2.05, 4.69) is 15.0 Å². The number of benzene rings is 1. The molecule has 1 saturated heterocycles. The summed E-state index contributed by atoms with van der Waals surface area (Å²) in [6.45, 7) is 2.36. The van der Waals surface area contributed by atoms with Crippen LogP contribution in [0.25, 0.3) is 11.0 Å². The number of fused-ring (bicyclic) bond motifs is 1. The maximum absolute atomic E-state index is 12.6. The van der Waals surface area contributed by atoms with Gasteiger partial charge in [0, 0.05) is 38.6 Å². The molecular formula is C19H21N5O2. The number of H-pyrrole nitrogens is 2. The molecule has 3 heterocycles. The van der Waals surface area contributed by atoms with Crippen LogP contribution in [0, 0.1) is 0 Å². The average Bonchev–Trinajstić information content (AvgIpc) is 3.33. The van der Waals surface area contributed by atoms with E-state index in [1.165, 1.54) is 0 Å². The van der Waals surface area contributed by atoms with Crippen LogP contribution in [0.5, 0.6) is 0 Å². The molecular weight excluding hydrogens is 330 g/mol. The van der Waals surface area contributed by atoms with Crippen molar-refractivity contribution in [1.29, 1.82) is 0 Å². The van der Waals surface area contributed by atoms with Gasteiger partial charge in [-0.15, -0.1) is 0 Å². The van der Waals surface area contributed by atoms with Crippen LogP contribution in [0.3, 0.4) is 0 Å². The fourth-order valence-electron chi connectivity index (χ4n) is 3.34. The molecule has 0 unspecified atom stereocenters. The number of aromatic nitrogens is 3. The molecule has 7 heteroatoms. The number of amides is 2. The number of carbonyl (C=O) groups excluding carboxylic acids is 2. The Morgan fingerprint density at radius 2 is 1.65 bits per heavy atom. The van der Waals surface area contributed by atoms with E-state index in [4.69, 9.17) is 0 Å². The topological polar surface area (TPSA) is 85.1 Å². The molecule has 134 valence electrons. The number of carbonyl (C=O) groups is 2. The molecule has 0 spiro atoms. The maximum atomic E-state index is 12.6. The molecule has 1 aliphatic rings. The lowest BCUT2D eigenvalue weighted by molar-refractivity contribution is -0.138. The number of nitrogens with zero attached hydrogens (tertiary/aromatic N) is 3. The molecule has 0 atom stereocenters. The largest absolute Gasteiger partial charge is 0.367 e. The van der Waals surface area contributed by atoms with Crippen molar-refractivity contribution in [2.24, 2.45) is 0 Å². The molecule has 4 rings (SSSR count). The highest BCUT2D eigenvalue weighted by Crippen LogP contribution is 2.14. The van der Waals surface area contributed by atoms with E-state index < -0.39 is 0 Å². The summed E-state index contributed by atoms with van der Waals surface area (Å²) in [5.41, 5.74) is 3.80. The molecule has 2 N–H and O–H groups in total. The predicted octanol–water partition coefficient (Wildman–Crippen LogP) is 1.35. The zero-order chi connectivity index (χ0) is 17.9. The van der Waals surface area contributed by atoms with Crippen molar-refractivity contribution in [1.82, 2.24) is 24.8 Å². The Morgan fingerprint density at radius 1 is 0.962 bits per heavy atom. The van der Waals surface area contributed by atoms with Crippen molar-refractivity contribution >= 4 is 22.8 Å². The highest BCUT2D eigenvalue weighted by Gasteiger charge is 2.24. The van der Waals surface area contributed by atoms with Gasteiger partial charge in [0.2, 0.25) is 11.8 Å². The Hall–Kier alpha value is -3.09. The quantitative estimate of drug-likeness (QED) is 0.744. The number of piperazine rings is 1. The minimum atomic E-state index is 0.0987. The van der Waals surface area contributed by atoms with Crippen molar-refractivity contribution in [3.8, 4) is 0 Å². The Kier molecular flexibility index (Phi) is 4.43. The van der Waals surface area contributed by atoms with Crippen LogP contribution in [-0.2, 0) is 22.4 Å². The molecule has 2 amide bonds. The Morgan fingerprint density at radius 3 is 2.31 bits per heavy atom. The minimum Gasteiger partial charge on any atom is -0.367 e. The highest BCUT2D eigenvalue weighted by molar-refractivity contribution is 5.82. The number of imidazole rings is 1. The van der Waals surface area contributed by atoms with E-state index in [1.807, 2.05) is 46.5 Å². The van der Waals surface area contributed by atoms with Gasteiger partial charge in [0.15, 0.2) is 0 Å². The summed E-state index contributed by atoms with van der Waals surface area (Å²) in [7, 11) is 0. The van der Waals surface area contributed by atoms with Crippen LogP contribution < -0.4 is 0 Å². The third kappa shape index (κ3) is 3.46. The zero-order valence-electron chi connectivity index (χ0n) is 14.4. The van der Waals surface area contributed by atoms with E-state index >= 15 is 0 Å². The molecule has 0 aliphatic carbocycles. The van der Waals surface area contributed by atoms with Gasteiger partial charge in [0.05, 0.1) is 30.2 Å². The normalized spacial score (nSPS) is 14.8. The third-order valence-electron chi connectivity index (χ3n) is 4.84. The molecule has 1 fully saturated rings. The number of aromatic amines is 2. The number of hydrogen-bond donors (Lipinski definition) is 2. The summed E-state index contributed by atoms with van der Waals surface area (Å²) in [5.74, 6) is 0.211. The fourth-order valence-corrected chi connectivity index (χ4v) is 3.34. The van der Waals surface area contributed by atoms with Gasteiger partial charge in [0.25, 0.3) is 0 Å². The number of rotatable bonds is 4. The second kappa shape index (κ2) is 7.03. The lowest BCUT2D eigenvalue weighted by Gasteiger charge is -2.35. The standard InChI is InChI=1S/C19H21N5O2/c25-18(10-14-1-2-16-17(9-14)22-13-21-16)23-5-7-24(8-6-23)19(26)11-15-3-4-20-12-15/h1-4,9,12-13,20H,5-8,10-11H2,(H,21,22). The molecule has 0 radical (unpaired) electrons. The summed E-state index contributed by atoms with van der Waals surface area (Å²) in [6.07, 6.45) is 6.09. The predicted molar refractivity (Wildman–Crippen MR) is 97.5 cm³/mol. The molecule has 1 aliphatic heterocycles. The van der Waals surface area contributed by atoms with Crippen LogP contribution in [0.4, 0.5) is 0 Å². The van der Waals surface area contributed by atoms with Crippen LogP contribution in [-0.4, -0.2) is 62.7 Å². The second-order valence-electron chi connectivity index (χ2n) is 6.59. The van der Waals surface area contributed by atoms with Crippen molar-refractivity contribution in [2.75, 3.05) is 26.2 Å². The number of nitrogens with one attached hydrogen (secondary N) is 2. The average molecular weight is 351 g/mol. The van der Waals surface area contributed by atoms with Gasteiger partial charge in [-0.3, -0.25) is 9.59 Å². The van der Waals surface area contributed by atoms with Gasteiger partial charge in [-0.1, -0.05) is 6.07 Å². The first-order valence-corrected chi connectivity index (χ1v) is 8.78. The van der Waals surface area contributed by atoms with Crippen LogP contribution >= 0.6 is 0 Å². The van der Waals surface area contributed by atoms with E-state index in [0.29, 0.717) is 39.0 Å². The summed E-state index contributed by atoms with van der Waals surface area (Å²) >= 11 is 0. The van der Waals surface area contributed by atoms with Gasteiger partial charge in [-0.25, -0.2) is 4.98 Å². The molecule has 2 aromatic heterocycles. The first-order valence-electron chi connectivity index (χ1n) is 8.78. The van der Waals surface area contributed by atoms with E-state index in [-0.39, 0.29) is 11.8 Å². The highest BCUT2D eigenvalue weighted by atomic mass is 16.2. The van der Waals surface area contributed by atoms with Crippen LogP contribution in [0.1, 0.15) is 11.1 Å². The van der Waals surface area contributed by atoms with Gasteiger partial charge in [-0.05, 0) is 29.3 Å². The van der Waals surface area contributed by atoms with Crippen molar-refractivity contribution in [3.05, 3.63) is 54.1 Å². The maximum Gasteiger partial charge on any atom is 0.227 e. The summed E-state index contributed by atoms with van der Waals surface area (Å²) < 4.78 is 0. The van der Waals surface area contributed by atoms with Crippen LogP contribution in [0.2, 0.25) is 0 Å². The Balaban J connectivity index is 1.30. The van der Waals surface area contributed by atoms with Crippen molar-refractivity contribution < 1.29 is 9.59 Å². The minimum absolute atomic E-state index is 0.0987. The molecule has 1 aromatic carbocycles. The number of hydrogen-bond acceptors (Lipinski definition) is 3. The SMILES string of the molecule is O=C(Cc1cc[nH]c1)N1CCN(C(=O)Cc2ccc3nc[nH]c3c2)CC1. The van der Waals surface area contributed by atoms with Crippen LogP contribution in [0.15, 0.2) is 43.0 Å². The van der Waals surface area contributed by atoms with Crippen molar-refractivity contribution in [3.63, 3.8) is 0 Å². The smallest absolute Gasteiger partial charge is 0.227 e. The molecule has 3 aromatic rings. The lowest BCUT2D eigenvalue weighted by Crippen LogP contribution is -2.51. The Bertz CT molecular complexity index is 907. The Labute approximate surface area is 151 Å². The molecule has 0 saturated carbocycles. The zero-order valence-corrected chi connectivity index (χ0v) is 14.4. The van der Waals surface area contributed by atoms with E-state index in [9.17, 15) is 9.59 Å². The van der Waals surface area contributed by atoms with E-state index in [0.717, 1.165) is 22.2 Å². The monoisotopic (exact) mass is 351 g/mol. The summed E-state index contributed by atoms with van der Waals surface area (Å²) in [4.78, 5) is 38.8. The first kappa shape index (κ1) is 16.4. The summed E-state index contributed by atoms with van der Waals surface area (Å²) in [5, 5.41) is 0. The van der Waals surface area contributed by atoms with Gasteiger partial charge < -0.3 is 19.8 Å². The van der Waals surface area contributed by atoms with Gasteiger partial charge in [0.1, 0.15) is 0 Å². The second-order valence-corrected chi connectivity index (χ2v) is 6.59. The third-order valence-corrected chi connectivity index (χ3v) is 4.84. The lowest BCUT2D eigenvalue weighted by atomic mass is 10.1. The first-order chi connectivity index (χ1) is 12.7. The van der Waals surface area contributed by atoms with Gasteiger partial charge in [-0.2, -0.15) is 0 Å². The van der Waals surface area contributed by atoms with Crippen molar-refractivity contribution in [2.45, 2.75) is 12.8 Å².